The molecule has 2 heterocycles. The van der Waals surface area contributed by atoms with Gasteiger partial charge in [-0.3, -0.25) is 4.98 Å². The summed E-state index contributed by atoms with van der Waals surface area (Å²) in [5.74, 6) is 0. The SMILES string of the molecule is CCc1sc(-c2cccnc2)nc1C#N. The van der Waals surface area contributed by atoms with Crippen molar-refractivity contribution in [1.29, 1.82) is 5.26 Å². The molecule has 0 aliphatic heterocycles. The van der Waals surface area contributed by atoms with Gasteiger partial charge in [-0.1, -0.05) is 6.92 Å². The lowest BCUT2D eigenvalue weighted by Crippen LogP contribution is -1.81. The Bertz CT molecular complexity index is 496. The van der Waals surface area contributed by atoms with Crippen LogP contribution in [0.3, 0.4) is 0 Å². The maximum Gasteiger partial charge on any atom is 0.155 e. The lowest BCUT2D eigenvalue weighted by molar-refractivity contribution is 1.15. The van der Waals surface area contributed by atoms with Crippen molar-refractivity contribution in [3.63, 3.8) is 0 Å². The van der Waals surface area contributed by atoms with Crippen molar-refractivity contribution in [2.45, 2.75) is 13.3 Å². The third-order valence-corrected chi connectivity index (χ3v) is 3.28. The molecule has 0 unspecified atom stereocenters. The molecule has 3 nitrogen and oxygen atoms in total. The molecule has 2 rings (SSSR count). The molecule has 15 heavy (non-hydrogen) atoms. The van der Waals surface area contributed by atoms with Gasteiger partial charge in [-0.15, -0.1) is 11.3 Å². The molecule has 0 aromatic carbocycles. The summed E-state index contributed by atoms with van der Waals surface area (Å²) in [4.78, 5) is 9.36. The number of hydrogen-bond acceptors (Lipinski definition) is 4. The number of aryl methyl sites for hydroxylation is 1. The predicted octanol–water partition coefficient (Wildman–Crippen LogP) is 2.64. The number of nitrogens with zero attached hydrogens (tertiary/aromatic N) is 3. The Balaban J connectivity index is 2.48. The highest BCUT2D eigenvalue weighted by atomic mass is 32.1. The second-order valence-corrected chi connectivity index (χ2v) is 4.08. The Kier molecular flexibility index (Phi) is 2.75. The number of hydrogen-bond donors (Lipinski definition) is 0. The van der Waals surface area contributed by atoms with E-state index in [0.717, 1.165) is 21.9 Å². The fourth-order valence-corrected chi connectivity index (χ4v) is 2.23. The molecule has 2 aromatic heterocycles. The summed E-state index contributed by atoms with van der Waals surface area (Å²) >= 11 is 1.56. The monoisotopic (exact) mass is 215 g/mol. The van der Waals surface area contributed by atoms with E-state index in [1.165, 1.54) is 0 Å². The van der Waals surface area contributed by atoms with Crippen LogP contribution in [0.4, 0.5) is 0 Å². The first-order chi connectivity index (χ1) is 7.35. The van der Waals surface area contributed by atoms with Crippen LogP contribution in [-0.4, -0.2) is 9.97 Å². The number of aromatic nitrogens is 2. The van der Waals surface area contributed by atoms with Crippen molar-refractivity contribution in [3.8, 4) is 16.6 Å². The molecule has 4 heteroatoms. The second-order valence-electron chi connectivity index (χ2n) is 3.00. The Labute approximate surface area is 92.1 Å². The molecule has 0 N–H and O–H groups in total. The number of thiazole rings is 1. The third-order valence-electron chi connectivity index (χ3n) is 2.03. The fraction of sp³-hybridized carbons (Fsp3) is 0.182. The van der Waals surface area contributed by atoms with Gasteiger partial charge in [-0.05, 0) is 18.6 Å². The molecule has 0 fully saturated rings. The highest BCUT2D eigenvalue weighted by molar-refractivity contribution is 7.15. The van der Waals surface area contributed by atoms with Crippen LogP contribution in [0.2, 0.25) is 0 Å². The minimum absolute atomic E-state index is 0.543. The van der Waals surface area contributed by atoms with E-state index in [9.17, 15) is 0 Å². The van der Waals surface area contributed by atoms with E-state index in [1.807, 2.05) is 19.1 Å². The van der Waals surface area contributed by atoms with Crippen molar-refractivity contribution in [1.82, 2.24) is 9.97 Å². The molecule has 0 saturated heterocycles. The zero-order valence-corrected chi connectivity index (χ0v) is 9.08. The Morgan fingerprint density at radius 1 is 1.53 bits per heavy atom. The summed E-state index contributed by atoms with van der Waals surface area (Å²) in [6, 6.07) is 5.94. The lowest BCUT2D eigenvalue weighted by atomic mass is 10.3. The van der Waals surface area contributed by atoms with E-state index in [0.29, 0.717) is 5.69 Å². The van der Waals surface area contributed by atoms with Crippen LogP contribution in [-0.2, 0) is 6.42 Å². The Hall–Kier alpha value is -1.73. The second kappa shape index (κ2) is 4.20. The summed E-state index contributed by atoms with van der Waals surface area (Å²) in [6.07, 6.45) is 4.34. The molecule has 74 valence electrons. The van der Waals surface area contributed by atoms with Gasteiger partial charge in [0, 0.05) is 22.8 Å². The van der Waals surface area contributed by atoms with Crippen molar-refractivity contribution < 1.29 is 0 Å². The maximum atomic E-state index is 8.89. The van der Waals surface area contributed by atoms with E-state index in [2.05, 4.69) is 16.0 Å². The average Bonchev–Trinajstić information content (AvgIpc) is 2.73. The van der Waals surface area contributed by atoms with Gasteiger partial charge in [0.25, 0.3) is 0 Å². The first kappa shape index (κ1) is 9.81. The van der Waals surface area contributed by atoms with Crippen LogP contribution in [0, 0.1) is 11.3 Å². The van der Waals surface area contributed by atoms with Gasteiger partial charge in [0.15, 0.2) is 5.69 Å². The molecule has 0 radical (unpaired) electrons. The topological polar surface area (TPSA) is 49.6 Å². The molecular formula is C11H9N3S. The molecule has 0 aliphatic carbocycles. The van der Waals surface area contributed by atoms with Gasteiger partial charge < -0.3 is 0 Å². The minimum Gasteiger partial charge on any atom is -0.264 e. The van der Waals surface area contributed by atoms with E-state index in [4.69, 9.17) is 5.26 Å². The van der Waals surface area contributed by atoms with Gasteiger partial charge in [-0.25, -0.2) is 4.98 Å². The zero-order chi connectivity index (χ0) is 10.7. The summed E-state index contributed by atoms with van der Waals surface area (Å²) in [5, 5.41) is 9.76. The van der Waals surface area contributed by atoms with E-state index >= 15 is 0 Å². The zero-order valence-electron chi connectivity index (χ0n) is 8.27. The van der Waals surface area contributed by atoms with Gasteiger partial charge in [0.05, 0.1) is 0 Å². The summed E-state index contributed by atoms with van der Waals surface area (Å²) in [7, 11) is 0. The molecular weight excluding hydrogens is 206 g/mol. The highest BCUT2D eigenvalue weighted by Gasteiger charge is 2.10. The quantitative estimate of drug-likeness (QED) is 0.773. The normalized spacial score (nSPS) is 9.87. The first-order valence-electron chi connectivity index (χ1n) is 4.65. The van der Waals surface area contributed by atoms with E-state index in [1.54, 1.807) is 23.7 Å². The molecule has 2 aromatic rings. The molecule has 0 atom stereocenters. The van der Waals surface area contributed by atoms with Crippen molar-refractivity contribution >= 4 is 11.3 Å². The highest BCUT2D eigenvalue weighted by Crippen LogP contribution is 2.27. The molecule has 0 amide bonds. The molecule has 0 bridgehead atoms. The van der Waals surface area contributed by atoms with Crippen molar-refractivity contribution in [2.75, 3.05) is 0 Å². The molecule has 0 spiro atoms. The first-order valence-corrected chi connectivity index (χ1v) is 5.47. The van der Waals surface area contributed by atoms with Gasteiger partial charge in [0.1, 0.15) is 11.1 Å². The van der Waals surface area contributed by atoms with Crippen LogP contribution < -0.4 is 0 Å². The largest absolute Gasteiger partial charge is 0.264 e. The Morgan fingerprint density at radius 2 is 2.40 bits per heavy atom. The van der Waals surface area contributed by atoms with Gasteiger partial charge in [0.2, 0.25) is 0 Å². The number of rotatable bonds is 2. The minimum atomic E-state index is 0.543. The van der Waals surface area contributed by atoms with Crippen LogP contribution in [0.25, 0.3) is 10.6 Å². The van der Waals surface area contributed by atoms with Gasteiger partial charge in [-0.2, -0.15) is 5.26 Å². The summed E-state index contributed by atoms with van der Waals surface area (Å²) < 4.78 is 0. The Morgan fingerprint density at radius 3 is 2.93 bits per heavy atom. The number of nitriles is 1. The number of pyridine rings is 1. The smallest absolute Gasteiger partial charge is 0.155 e. The average molecular weight is 215 g/mol. The summed E-state index contributed by atoms with van der Waals surface area (Å²) in [6.45, 7) is 2.03. The van der Waals surface area contributed by atoms with Crippen LogP contribution in [0.1, 0.15) is 17.5 Å². The van der Waals surface area contributed by atoms with Crippen LogP contribution in [0.5, 0.6) is 0 Å². The van der Waals surface area contributed by atoms with Crippen LogP contribution in [0.15, 0.2) is 24.5 Å². The van der Waals surface area contributed by atoms with E-state index in [-0.39, 0.29) is 0 Å². The standard InChI is InChI=1S/C11H9N3S/c1-2-10-9(6-12)14-11(15-10)8-4-3-5-13-7-8/h3-5,7H,2H2,1H3. The lowest BCUT2D eigenvalue weighted by Gasteiger charge is -1.91. The van der Waals surface area contributed by atoms with Crippen molar-refractivity contribution in [3.05, 3.63) is 35.1 Å². The summed E-state index contributed by atoms with van der Waals surface area (Å²) in [5.41, 5.74) is 1.51. The van der Waals surface area contributed by atoms with Crippen molar-refractivity contribution in [2.24, 2.45) is 0 Å². The maximum absolute atomic E-state index is 8.89. The predicted molar refractivity (Wildman–Crippen MR) is 59.4 cm³/mol. The third kappa shape index (κ3) is 1.88. The molecule has 0 aliphatic rings. The van der Waals surface area contributed by atoms with E-state index < -0.39 is 0 Å². The fourth-order valence-electron chi connectivity index (χ4n) is 1.29. The van der Waals surface area contributed by atoms with Gasteiger partial charge >= 0.3 is 0 Å². The van der Waals surface area contributed by atoms with Crippen LogP contribution >= 0.6 is 11.3 Å². The molecule has 0 saturated carbocycles.